The molecule has 2 aromatic rings. The number of hydrogen-bond acceptors (Lipinski definition) is 1. The van der Waals surface area contributed by atoms with Crippen molar-refractivity contribution in [3.8, 4) is 0 Å². The third-order valence-electron chi connectivity index (χ3n) is 2.52. The first-order valence-corrected chi connectivity index (χ1v) is 5.77. The summed E-state index contributed by atoms with van der Waals surface area (Å²) in [5.41, 5.74) is 2.63. The van der Waals surface area contributed by atoms with Gasteiger partial charge in [0.05, 0.1) is 5.69 Å². The lowest BCUT2D eigenvalue weighted by atomic mass is 10.2. The smallest absolute Gasteiger partial charge is 0.146 e. The van der Waals surface area contributed by atoms with Crippen LogP contribution in [0.5, 0.6) is 0 Å². The molecule has 0 aliphatic carbocycles. The molecule has 0 saturated heterocycles. The number of hydrogen-bond donors (Lipinski definition) is 1. The van der Waals surface area contributed by atoms with E-state index < -0.39 is 0 Å². The number of benzene rings is 2. The molecule has 0 spiro atoms. The molecule has 0 aliphatic heterocycles. The largest absolute Gasteiger partial charge is 0.379 e. The van der Waals surface area contributed by atoms with Crippen LogP contribution in [0, 0.1) is 12.7 Å². The third kappa shape index (κ3) is 3.21. The molecule has 1 nitrogen and oxygen atoms in total. The molecule has 0 bridgehead atoms. The Morgan fingerprint density at radius 1 is 1.12 bits per heavy atom. The second kappa shape index (κ2) is 5.19. The van der Waals surface area contributed by atoms with Crippen molar-refractivity contribution in [1.29, 1.82) is 0 Å². The maximum absolute atomic E-state index is 13.5. The quantitative estimate of drug-likeness (QED) is 0.850. The monoisotopic (exact) mass is 249 g/mol. The highest BCUT2D eigenvalue weighted by molar-refractivity contribution is 6.30. The Morgan fingerprint density at radius 3 is 2.53 bits per heavy atom. The van der Waals surface area contributed by atoms with Crippen LogP contribution in [0.15, 0.2) is 42.5 Å². The molecule has 0 fully saturated rings. The highest BCUT2D eigenvalue weighted by Gasteiger charge is 2.01. The normalized spacial score (nSPS) is 10.3. The van der Waals surface area contributed by atoms with Crippen molar-refractivity contribution in [2.45, 2.75) is 13.5 Å². The van der Waals surface area contributed by atoms with E-state index in [1.54, 1.807) is 12.1 Å². The lowest BCUT2D eigenvalue weighted by Crippen LogP contribution is -2.01. The van der Waals surface area contributed by atoms with Crippen molar-refractivity contribution in [1.82, 2.24) is 0 Å². The van der Waals surface area contributed by atoms with E-state index in [0.717, 1.165) is 11.1 Å². The zero-order valence-corrected chi connectivity index (χ0v) is 10.3. The number of aryl methyl sites for hydroxylation is 1. The number of rotatable bonds is 3. The SMILES string of the molecule is Cc1ccc(F)c(NCc2ccc(Cl)cc2)c1. The predicted molar refractivity (Wildman–Crippen MR) is 69.9 cm³/mol. The molecule has 0 amide bonds. The Morgan fingerprint density at radius 2 is 1.82 bits per heavy atom. The molecular weight excluding hydrogens is 237 g/mol. The summed E-state index contributed by atoms with van der Waals surface area (Å²) in [4.78, 5) is 0. The molecule has 88 valence electrons. The molecule has 1 N–H and O–H groups in total. The highest BCUT2D eigenvalue weighted by atomic mass is 35.5. The minimum absolute atomic E-state index is 0.232. The zero-order valence-electron chi connectivity index (χ0n) is 9.50. The van der Waals surface area contributed by atoms with E-state index in [9.17, 15) is 4.39 Å². The first-order chi connectivity index (χ1) is 8.15. The van der Waals surface area contributed by atoms with Crippen LogP contribution < -0.4 is 5.32 Å². The topological polar surface area (TPSA) is 12.0 Å². The van der Waals surface area contributed by atoms with Crippen LogP contribution in [0.4, 0.5) is 10.1 Å². The molecule has 3 heteroatoms. The van der Waals surface area contributed by atoms with Crippen LogP contribution in [0.25, 0.3) is 0 Å². The Hall–Kier alpha value is -1.54. The summed E-state index contributed by atoms with van der Waals surface area (Å²) < 4.78 is 13.5. The van der Waals surface area contributed by atoms with Crippen LogP contribution in [0.3, 0.4) is 0 Å². The Labute approximate surface area is 105 Å². The predicted octanol–water partition coefficient (Wildman–Crippen LogP) is 4.40. The number of halogens is 2. The lowest BCUT2D eigenvalue weighted by Gasteiger charge is -2.08. The number of nitrogens with one attached hydrogen (secondary N) is 1. The summed E-state index contributed by atoms with van der Waals surface area (Å²) in [6, 6.07) is 12.5. The van der Waals surface area contributed by atoms with Gasteiger partial charge in [0.25, 0.3) is 0 Å². The molecule has 0 atom stereocenters. The van der Waals surface area contributed by atoms with Crippen LogP contribution in [0.2, 0.25) is 5.02 Å². The summed E-state index contributed by atoms with van der Waals surface area (Å²) in [5.74, 6) is -0.232. The van der Waals surface area contributed by atoms with Gasteiger partial charge in [-0.2, -0.15) is 0 Å². The lowest BCUT2D eigenvalue weighted by molar-refractivity contribution is 0.629. The van der Waals surface area contributed by atoms with Gasteiger partial charge in [-0.3, -0.25) is 0 Å². The van der Waals surface area contributed by atoms with Crippen molar-refractivity contribution in [3.05, 3.63) is 64.4 Å². The fraction of sp³-hybridized carbons (Fsp3) is 0.143. The minimum Gasteiger partial charge on any atom is -0.379 e. The van der Waals surface area contributed by atoms with Gasteiger partial charge in [0.1, 0.15) is 5.82 Å². The maximum Gasteiger partial charge on any atom is 0.146 e. The van der Waals surface area contributed by atoms with Crippen molar-refractivity contribution in [2.24, 2.45) is 0 Å². The van der Waals surface area contributed by atoms with E-state index in [0.29, 0.717) is 17.3 Å². The third-order valence-corrected chi connectivity index (χ3v) is 2.77. The average molecular weight is 250 g/mol. The molecular formula is C14H13ClFN. The van der Waals surface area contributed by atoms with Gasteiger partial charge >= 0.3 is 0 Å². The zero-order chi connectivity index (χ0) is 12.3. The Kier molecular flexibility index (Phi) is 3.64. The molecule has 2 aromatic carbocycles. The summed E-state index contributed by atoms with van der Waals surface area (Å²) in [6.45, 7) is 2.52. The summed E-state index contributed by atoms with van der Waals surface area (Å²) in [7, 11) is 0. The molecule has 0 radical (unpaired) electrons. The molecule has 0 aromatic heterocycles. The van der Waals surface area contributed by atoms with Gasteiger partial charge in [-0.1, -0.05) is 29.8 Å². The molecule has 17 heavy (non-hydrogen) atoms. The van der Waals surface area contributed by atoms with Crippen LogP contribution in [0.1, 0.15) is 11.1 Å². The van der Waals surface area contributed by atoms with Gasteiger partial charge in [-0.15, -0.1) is 0 Å². The molecule has 0 unspecified atom stereocenters. The molecule has 0 saturated carbocycles. The van der Waals surface area contributed by atoms with E-state index in [-0.39, 0.29) is 5.82 Å². The minimum atomic E-state index is -0.232. The van der Waals surface area contributed by atoms with Gasteiger partial charge < -0.3 is 5.32 Å². The van der Waals surface area contributed by atoms with Crippen LogP contribution in [-0.4, -0.2) is 0 Å². The fourth-order valence-electron chi connectivity index (χ4n) is 1.57. The van der Waals surface area contributed by atoms with E-state index in [1.807, 2.05) is 31.2 Å². The fourth-order valence-corrected chi connectivity index (χ4v) is 1.70. The van der Waals surface area contributed by atoms with Crippen molar-refractivity contribution in [2.75, 3.05) is 5.32 Å². The molecule has 0 heterocycles. The second-order valence-electron chi connectivity index (χ2n) is 3.96. The van der Waals surface area contributed by atoms with E-state index in [2.05, 4.69) is 5.32 Å². The van der Waals surface area contributed by atoms with Gasteiger partial charge in [0.15, 0.2) is 0 Å². The number of anilines is 1. The van der Waals surface area contributed by atoms with Crippen LogP contribution >= 0.6 is 11.6 Å². The van der Waals surface area contributed by atoms with Gasteiger partial charge in [-0.05, 0) is 42.3 Å². The average Bonchev–Trinajstić information content (AvgIpc) is 2.32. The van der Waals surface area contributed by atoms with Crippen molar-refractivity contribution >= 4 is 17.3 Å². The second-order valence-corrected chi connectivity index (χ2v) is 4.40. The maximum atomic E-state index is 13.5. The first-order valence-electron chi connectivity index (χ1n) is 5.39. The van der Waals surface area contributed by atoms with Crippen LogP contribution in [-0.2, 0) is 6.54 Å². The van der Waals surface area contributed by atoms with E-state index in [1.165, 1.54) is 6.07 Å². The van der Waals surface area contributed by atoms with E-state index >= 15 is 0 Å². The highest BCUT2D eigenvalue weighted by Crippen LogP contribution is 2.17. The molecule has 2 rings (SSSR count). The standard InChI is InChI=1S/C14H13ClFN/c1-10-2-7-13(16)14(8-10)17-9-11-3-5-12(15)6-4-11/h2-8,17H,9H2,1H3. The summed E-state index contributed by atoms with van der Waals surface area (Å²) >= 11 is 5.79. The summed E-state index contributed by atoms with van der Waals surface area (Å²) in [5, 5.41) is 3.78. The van der Waals surface area contributed by atoms with Crippen molar-refractivity contribution in [3.63, 3.8) is 0 Å². The summed E-state index contributed by atoms with van der Waals surface area (Å²) in [6.07, 6.45) is 0. The van der Waals surface area contributed by atoms with Gasteiger partial charge in [-0.25, -0.2) is 4.39 Å². The van der Waals surface area contributed by atoms with Crippen molar-refractivity contribution < 1.29 is 4.39 Å². The van der Waals surface area contributed by atoms with E-state index in [4.69, 9.17) is 11.6 Å². The van der Waals surface area contributed by atoms with Gasteiger partial charge in [0.2, 0.25) is 0 Å². The Balaban J connectivity index is 2.07. The molecule has 0 aliphatic rings. The first kappa shape index (κ1) is 11.9. The Bertz CT molecular complexity index is 508. The van der Waals surface area contributed by atoms with Gasteiger partial charge in [0, 0.05) is 11.6 Å².